The highest BCUT2D eigenvalue weighted by Gasteiger charge is 2.19. The Hall–Kier alpha value is -3.15. The van der Waals surface area contributed by atoms with Crippen LogP contribution < -0.4 is 15.1 Å². The van der Waals surface area contributed by atoms with Gasteiger partial charge in [0.15, 0.2) is 0 Å². The van der Waals surface area contributed by atoms with Gasteiger partial charge in [-0.25, -0.2) is 9.37 Å². The summed E-state index contributed by atoms with van der Waals surface area (Å²) in [6, 6.07) is 17.1. The number of hydrogen-bond donors (Lipinski definition) is 1. The van der Waals surface area contributed by atoms with Crippen molar-refractivity contribution >= 4 is 23.1 Å². The van der Waals surface area contributed by atoms with E-state index in [1.54, 1.807) is 0 Å². The van der Waals surface area contributed by atoms with Crippen LogP contribution in [0.15, 0.2) is 54.6 Å². The standard InChI is InChI=1S/C23H26FN5/c1-3-18-4-8-20(9-5-18)26-23-25-17(2)16-22(27-23)29-14-12-28(13-15-29)21-10-6-19(24)7-11-21/h4-11,16H,3,12-15H2,1-2H3,(H,25,26,27). The van der Waals surface area contributed by atoms with Gasteiger partial charge in [-0.15, -0.1) is 0 Å². The van der Waals surface area contributed by atoms with Crippen molar-refractivity contribution < 1.29 is 4.39 Å². The van der Waals surface area contributed by atoms with Crippen LogP contribution in [0.2, 0.25) is 0 Å². The third-order valence-corrected chi connectivity index (χ3v) is 5.25. The van der Waals surface area contributed by atoms with Crippen LogP contribution in [0.4, 0.5) is 27.5 Å². The molecular formula is C23H26FN5. The Kier molecular flexibility index (Phi) is 5.60. The maximum absolute atomic E-state index is 13.2. The topological polar surface area (TPSA) is 44.3 Å². The summed E-state index contributed by atoms with van der Waals surface area (Å²) < 4.78 is 13.2. The molecule has 0 atom stereocenters. The van der Waals surface area contributed by atoms with Crippen molar-refractivity contribution in [3.63, 3.8) is 0 Å². The molecule has 0 radical (unpaired) electrons. The molecule has 6 heteroatoms. The SMILES string of the molecule is CCc1ccc(Nc2nc(C)cc(N3CCN(c4ccc(F)cc4)CC3)n2)cc1. The Balaban J connectivity index is 1.44. The fraction of sp³-hybridized carbons (Fsp3) is 0.304. The molecule has 1 aliphatic heterocycles. The number of benzene rings is 2. The monoisotopic (exact) mass is 391 g/mol. The lowest BCUT2D eigenvalue weighted by molar-refractivity contribution is 0.624. The van der Waals surface area contributed by atoms with E-state index in [1.807, 2.05) is 25.1 Å². The highest BCUT2D eigenvalue weighted by molar-refractivity contribution is 5.57. The molecule has 1 saturated heterocycles. The number of nitrogens with zero attached hydrogens (tertiary/aromatic N) is 4. The van der Waals surface area contributed by atoms with Crippen LogP contribution >= 0.6 is 0 Å². The summed E-state index contributed by atoms with van der Waals surface area (Å²) in [5.41, 5.74) is 4.28. The van der Waals surface area contributed by atoms with Gasteiger partial charge in [-0.05, 0) is 55.3 Å². The van der Waals surface area contributed by atoms with Gasteiger partial charge in [0.2, 0.25) is 5.95 Å². The molecule has 1 aliphatic rings. The van der Waals surface area contributed by atoms with Crippen LogP contribution in [-0.2, 0) is 6.42 Å². The molecule has 0 aliphatic carbocycles. The number of hydrogen-bond acceptors (Lipinski definition) is 5. The molecular weight excluding hydrogens is 365 g/mol. The lowest BCUT2D eigenvalue weighted by atomic mass is 10.1. The Morgan fingerprint density at radius 1 is 0.897 bits per heavy atom. The molecule has 29 heavy (non-hydrogen) atoms. The molecule has 150 valence electrons. The second kappa shape index (κ2) is 8.47. The first-order valence-electron chi connectivity index (χ1n) is 10.1. The van der Waals surface area contributed by atoms with Crippen LogP contribution in [0.3, 0.4) is 0 Å². The Bertz CT molecular complexity index is 948. The van der Waals surface area contributed by atoms with Gasteiger partial charge in [0.1, 0.15) is 11.6 Å². The summed E-state index contributed by atoms with van der Waals surface area (Å²) in [4.78, 5) is 13.8. The quantitative estimate of drug-likeness (QED) is 0.691. The molecule has 2 aromatic carbocycles. The molecule has 1 aromatic heterocycles. The van der Waals surface area contributed by atoms with E-state index in [4.69, 9.17) is 4.98 Å². The predicted octanol–water partition coefficient (Wildman–Crippen LogP) is 4.56. The van der Waals surface area contributed by atoms with Gasteiger partial charge in [-0.1, -0.05) is 19.1 Å². The first kappa shape index (κ1) is 19.2. The van der Waals surface area contributed by atoms with Gasteiger partial charge < -0.3 is 15.1 Å². The van der Waals surface area contributed by atoms with E-state index in [-0.39, 0.29) is 5.82 Å². The highest BCUT2D eigenvalue weighted by Crippen LogP contribution is 2.22. The van der Waals surface area contributed by atoms with Gasteiger partial charge in [0, 0.05) is 49.3 Å². The zero-order valence-electron chi connectivity index (χ0n) is 16.9. The third-order valence-electron chi connectivity index (χ3n) is 5.25. The molecule has 0 saturated carbocycles. The van der Waals surface area contributed by atoms with E-state index >= 15 is 0 Å². The average molecular weight is 391 g/mol. The molecule has 1 fully saturated rings. The Morgan fingerprint density at radius 3 is 2.21 bits per heavy atom. The summed E-state index contributed by atoms with van der Waals surface area (Å²) >= 11 is 0. The van der Waals surface area contributed by atoms with Gasteiger partial charge >= 0.3 is 0 Å². The second-order valence-electron chi connectivity index (χ2n) is 7.32. The zero-order valence-corrected chi connectivity index (χ0v) is 16.9. The summed E-state index contributed by atoms with van der Waals surface area (Å²) in [6.45, 7) is 7.60. The minimum Gasteiger partial charge on any atom is -0.368 e. The zero-order chi connectivity index (χ0) is 20.2. The van der Waals surface area contributed by atoms with Crippen molar-refractivity contribution in [2.75, 3.05) is 41.3 Å². The largest absolute Gasteiger partial charge is 0.368 e. The maximum Gasteiger partial charge on any atom is 0.229 e. The van der Waals surface area contributed by atoms with Gasteiger partial charge in [-0.3, -0.25) is 0 Å². The first-order chi connectivity index (χ1) is 14.1. The van der Waals surface area contributed by atoms with Crippen molar-refractivity contribution in [2.24, 2.45) is 0 Å². The van der Waals surface area contributed by atoms with Crippen molar-refractivity contribution in [2.45, 2.75) is 20.3 Å². The summed E-state index contributed by atoms with van der Waals surface area (Å²) in [6.07, 6.45) is 1.02. The average Bonchev–Trinajstić information content (AvgIpc) is 2.75. The second-order valence-corrected chi connectivity index (χ2v) is 7.32. The highest BCUT2D eigenvalue weighted by atomic mass is 19.1. The normalized spacial score (nSPS) is 14.2. The van der Waals surface area contributed by atoms with E-state index in [2.05, 4.69) is 51.3 Å². The van der Waals surface area contributed by atoms with Crippen molar-refractivity contribution in [3.8, 4) is 0 Å². The first-order valence-corrected chi connectivity index (χ1v) is 10.1. The van der Waals surface area contributed by atoms with Crippen LogP contribution in [-0.4, -0.2) is 36.1 Å². The molecule has 0 spiro atoms. The molecule has 0 unspecified atom stereocenters. The number of anilines is 4. The smallest absolute Gasteiger partial charge is 0.229 e. The fourth-order valence-electron chi connectivity index (χ4n) is 3.57. The number of nitrogens with one attached hydrogen (secondary N) is 1. The number of piperazine rings is 1. The molecule has 0 bridgehead atoms. The van der Waals surface area contributed by atoms with Crippen LogP contribution in [0.25, 0.3) is 0 Å². The lowest BCUT2D eigenvalue weighted by Gasteiger charge is -2.36. The molecule has 0 amide bonds. The fourth-order valence-corrected chi connectivity index (χ4v) is 3.57. The predicted molar refractivity (Wildman–Crippen MR) is 117 cm³/mol. The summed E-state index contributed by atoms with van der Waals surface area (Å²) in [7, 11) is 0. The molecule has 2 heterocycles. The van der Waals surface area contributed by atoms with Gasteiger partial charge in [0.05, 0.1) is 0 Å². The van der Waals surface area contributed by atoms with Crippen LogP contribution in [0, 0.1) is 12.7 Å². The van der Waals surface area contributed by atoms with E-state index in [0.717, 1.165) is 55.5 Å². The molecule has 3 aromatic rings. The van der Waals surface area contributed by atoms with Crippen molar-refractivity contribution in [1.82, 2.24) is 9.97 Å². The minimum absolute atomic E-state index is 0.201. The van der Waals surface area contributed by atoms with E-state index in [1.165, 1.54) is 17.7 Å². The molecule has 4 rings (SSSR count). The number of halogens is 1. The molecule has 5 nitrogen and oxygen atoms in total. The van der Waals surface area contributed by atoms with Crippen molar-refractivity contribution in [1.29, 1.82) is 0 Å². The van der Waals surface area contributed by atoms with Crippen molar-refractivity contribution in [3.05, 3.63) is 71.7 Å². The number of aryl methyl sites for hydroxylation is 2. The van der Waals surface area contributed by atoms with Crippen LogP contribution in [0.1, 0.15) is 18.2 Å². The Morgan fingerprint density at radius 2 is 1.55 bits per heavy atom. The van der Waals surface area contributed by atoms with E-state index < -0.39 is 0 Å². The molecule has 1 N–H and O–H groups in total. The summed E-state index contributed by atoms with van der Waals surface area (Å²) in [5.74, 6) is 1.35. The number of rotatable bonds is 5. The van der Waals surface area contributed by atoms with E-state index in [0.29, 0.717) is 5.95 Å². The lowest BCUT2D eigenvalue weighted by Crippen LogP contribution is -2.46. The van der Waals surface area contributed by atoms with Gasteiger partial charge in [0.25, 0.3) is 0 Å². The van der Waals surface area contributed by atoms with E-state index in [9.17, 15) is 4.39 Å². The summed E-state index contributed by atoms with van der Waals surface area (Å²) in [5, 5.41) is 3.32. The third kappa shape index (κ3) is 4.65. The maximum atomic E-state index is 13.2. The van der Waals surface area contributed by atoms with Gasteiger partial charge in [-0.2, -0.15) is 4.98 Å². The minimum atomic E-state index is -0.201. The Labute approximate surface area is 171 Å². The van der Waals surface area contributed by atoms with Crippen LogP contribution in [0.5, 0.6) is 0 Å². The number of aromatic nitrogens is 2.